The Hall–Kier alpha value is -3.72. The van der Waals surface area contributed by atoms with Crippen LogP contribution in [0.25, 0.3) is 11.1 Å². The summed E-state index contributed by atoms with van der Waals surface area (Å²) in [7, 11) is 1.34. The smallest absolute Gasteiger partial charge is 0.337 e. The van der Waals surface area contributed by atoms with Crippen molar-refractivity contribution in [3.8, 4) is 11.1 Å². The lowest BCUT2D eigenvalue weighted by Crippen LogP contribution is -2.75. The third kappa shape index (κ3) is 3.27. The minimum atomic E-state index is -1.48. The lowest BCUT2D eigenvalue weighted by molar-refractivity contribution is -0.153. The highest BCUT2D eigenvalue weighted by atomic mass is 16.5. The predicted molar refractivity (Wildman–Crippen MR) is 122 cm³/mol. The van der Waals surface area contributed by atoms with Gasteiger partial charge in [-0.05, 0) is 55.2 Å². The molecule has 4 amide bonds. The standard InChI is InChI=1S/C25H25N3O6/c1-13-12-28-19-10-17(15-4-6-16(7-5-15)21(29)33-3)8-9-18(19)11-25(20(28)14(2)34-13)22(30)26-24(32)27-23(25)31/h4-10,13-14,20H,11-12H2,1-3H3,(H2,26,27,30,31,32)/t13-,14+,20-/m1/s1. The molecule has 3 aliphatic heterocycles. The maximum atomic E-state index is 13.2. The first-order chi connectivity index (χ1) is 16.2. The number of amides is 4. The van der Waals surface area contributed by atoms with Crippen molar-refractivity contribution in [2.24, 2.45) is 5.41 Å². The van der Waals surface area contributed by atoms with Crippen LogP contribution in [0.2, 0.25) is 0 Å². The second-order valence-corrected chi connectivity index (χ2v) is 9.05. The Balaban J connectivity index is 1.60. The molecule has 0 radical (unpaired) electrons. The number of ether oxygens (including phenoxy) is 2. The van der Waals surface area contributed by atoms with E-state index in [0.717, 1.165) is 22.4 Å². The van der Waals surface area contributed by atoms with Gasteiger partial charge in [-0.2, -0.15) is 0 Å². The molecule has 34 heavy (non-hydrogen) atoms. The van der Waals surface area contributed by atoms with E-state index in [1.165, 1.54) is 7.11 Å². The topological polar surface area (TPSA) is 114 Å². The molecule has 0 saturated carbocycles. The number of benzene rings is 2. The highest BCUT2D eigenvalue weighted by Crippen LogP contribution is 2.47. The maximum Gasteiger partial charge on any atom is 0.337 e. The molecule has 2 fully saturated rings. The van der Waals surface area contributed by atoms with E-state index in [9.17, 15) is 19.2 Å². The number of carbonyl (C=O) groups excluding carboxylic acids is 4. The molecule has 3 heterocycles. The Bertz CT molecular complexity index is 1190. The summed E-state index contributed by atoms with van der Waals surface area (Å²) < 4.78 is 10.8. The van der Waals surface area contributed by atoms with E-state index in [-0.39, 0.29) is 12.5 Å². The Morgan fingerprint density at radius 1 is 1.03 bits per heavy atom. The number of methoxy groups -OCH3 is 1. The average Bonchev–Trinajstić information content (AvgIpc) is 2.81. The number of rotatable bonds is 2. The van der Waals surface area contributed by atoms with E-state index in [2.05, 4.69) is 15.5 Å². The van der Waals surface area contributed by atoms with E-state index in [1.807, 2.05) is 44.2 Å². The number of urea groups is 1. The number of hydrogen-bond donors (Lipinski definition) is 2. The van der Waals surface area contributed by atoms with E-state index in [1.54, 1.807) is 12.1 Å². The first-order valence-corrected chi connectivity index (χ1v) is 11.1. The number of fused-ring (bicyclic) bond motifs is 4. The molecule has 0 unspecified atom stereocenters. The van der Waals surface area contributed by atoms with Gasteiger partial charge in [-0.3, -0.25) is 20.2 Å². The van der Waals surface area contributed by atoms with Gasteiger partial charge >= 0.3 is 12.0 Å². The van der Waals surface area contributed by atoms with Crippen LogP contribution in [0.4, 0.5) is 10.5 Å². The molecule has 0 aromatic heterocycles. The van der Waals surface area contributed by atoms with Gasteiger partial charge in [0.1, 0.15) is 0 Å². The number of barbiturate groups is 1. The third-order valence-corrected chi connectivity index (χ3v) is 6.95. The van der Waals surface area contributed by atoms with Crippen LogP contribution in [0.3, 0.4) is 0 Å². The minimum absolute atomic E-state index is 0.117. The van der Waals surface area contributed by atoms with Crippen molar-refractivity contribution in [3.63, 3.8) is 0 Å². The summed E-state index contributed by atoms with van der Waals surface area (Å²) in [4.78, 5) is 52.0. The number of nitrogens with zero attached hydrogens (tertiary/aromatic N) is 1. The summed E-state index contributed by atoms with van der Waals surface area (Å²) >= 11 is 0. The molecule has 0 aliphatic carbocycles. The molecule has 3 aliphatic rings. The zero-order chi connectivity index (χ0) is 24.2. The molecule has 0 bridgehead atoms. The highest BCUT2D eigenvalue weighted by molar-refractivity contribution is 6.20. The van der Waals surface area contributed by atoms with Crippen LogP contribution in [0, 0.1) is 5.41 Å². The van der Waals surface area contributed by atoms with Gasteiger partial charge in [0, 0.05) is 12.2 Å². The van der Waals surface area contributed by atoms with Gasteiger partial charge < -0.3 is 14.4 Å². The summed E-state index contributed by atoms with van der Waals surface area (Å²) in [6, 6.07) is 11.6. The van der Waals surface area contributed by atoms with Crippen molar-refractivity contribution >= 4 is 29.5 Å². The zero-order valence-corrected chi connectivity index (χ0v) is 19.1. The fraction of sp³-hybridized carbons (Fsp3) is 0.360. The Morgan fingerprint density at radius 3 is 2.32 bits per heavy atom. The maximum absolute atomic E-state index is 13.2. The van der Waals surface area contributed by atoms with Gasteiger partial charge in [-0.1, -0.05) is 24.3 Å². The Kier molecular flexibility index (Phi) is 5.16. The number of esters is 1. The van der Waals surface area contributed by atoms with Crippen LogP contribution in [-0.2, 0) is 25.5 Å². The first-order valence-electron chi connectivity index (χ1n) is 11.1. The van der Waals surface area contributed by atoms with Gasteiger partial charge in [0.15, 0.2) is 5.41 Å². The van der Waals surface area contributed by atoms with Crippen molar-refractivity contribution < 1.29 is 28.7 Å². The number of imide groups is 2. The zero-order valence-electron chi connectivity index (χ0n) is 19.1. The number of anilines is 1. The molecule has 1 spiro atoms. The molecule has 3 atom stereocenters. The van der Waals surface area contributed by atoms with Crippen molar-refractivity contribution in [1.82, 2.24) is 10.6 Å². The number of morpholine rings is 1. The van der Waals surface area contributed by atoms with Crippen molar-refractivity contribution in [3.05, 3.63) is 53.6 Å². The fourth-order valence-corrected chi connectivity index (χ4v) is 5.52. The van der Waals surface area contributed by atoms with E-state index in [4.69, 9.17) is 9.47 Å². The lowest BCUT2D eigenvalue weighted by atomic mass is 9.66. The molecule has 9 nitrogen and oxygen atoms in total. The van der Waals surface area contributed by atoms with Crippen LogP contribution >= 0.6 is 0 Å². The first kappa shape index (κ1) is 22.1. The fourth-order valence-electron chi connectivity index (χ4n) is 5.52. The number of carbonyl (C=O) groups is 4. The van der Waals surface area contributed by atoms with Crippen LogP contribution < -0.4 is 15.5 Å². The SMILES string of the molecule is COC(=O)c1ccc(-c2ccc3c(c2)N2C[C@@H](C)O[C@@H](C)[C@@H]2C2(C3)C(=O)NC(=O)NC2=O)cc1. The summed E-state index contributed by atoms with van der Waals surface area (Å²) in [6.45, 7) is 4.29. The van der Waals surface area contributed by atoms with Crippen LogP contribution in [0.1, 0.15) is 29.8 Å². The van der Waals surface area contributed by atoms with Crippen LogP contribution in [0.5, 0.6) is 0 Å². The summed E-state index contributed by atoms with van der Waals surface area (Å²) in [5, 5.41) is 4.58. The van der Waals surface area contributed by atoms with E-state index >= 15 is 0 Å². The largest absolute Gasteiger partial charge is 0.465 e. The summed E-state index contributed by atoms with van der Waals surface area (Å²) in [6.07, 6.45) is -0.392. The summed E-state index contributed by atoms with van der Waals surface area (Å²) in [5.74, 6) is -1.60. The molecule has 5 rings (SSSR count). The summed E-state index contributed by atoms with van der Waals surface area (Å²) in [5.41, 5.74) is 2.59. The van der Waals surface area contributed by atoms with Gasteiger partial charge in [0.25, 0.3) is 0 Å². The molecule has 2 aromatic rings. The molecule has 2 aromatic carbocycles. The predicted octanol–water partition coefficient (Wildman–Crippen LogP) is 2.03. The molecule has 176 valence electrons. The molecule has 2 saturated heterocycles. The van der Waals surface area contributed by atoms with Crippen molar-refractivity contribution in [2.75, 3.05) is 18.6 Å². The lowest BCUT2D eigenvalue weighted by Gasteiger charge is -2.55. The van der Waals surface area contributed by atoms with Gasteiger partial charge in [-0.15, -0.1) is 0 Å². The van der Waals surface area contributed by atoms with E-state index in [0.29, 0.717) is 12.1 Å². The van der Waals surface area contributed by atoms with Crippen molar-refractivity contribution in [1.29, 1.82) is 0 Å². The highest BCUT2D eigenvalue weighted by Gasteiger charge is 2.62. The molecular formula is C25H25N3O6. The van der Waals surface area contributed by atoms with Crippen LogP contribution in [-0.4, -0.2) is 55.7 Å². The normalized spacial score (nSPS) is 25.2. The monoisotopic (exact) mass is 463 g/mol. The average molecular weight is 463 g/mol. The third-order valence-electron chi connectivity index (χ3n) is 6.95. The number of hydrogen-bond acceptors (Lipinski definition) is 7. The van der Waals surface area contributed by atoms with Gasteiger partial charge in [-0.25, -0.2) is 9.59 Å². The quantitative estimate of drug-likeness (QED) is 0.517. The van der Waals surface area contributed by atoms with Gasteiger partial charge in [0.2, 0.25) is 11.8 Å². The van der Waals surface area contributed by atoms with Crippen molar-refractivity contribution in [2.45, 2.75) is 38.5 Å². The molecule has 9 heteroatoms. The second-order valence-electron chi connectivity index (χ2n) is 9.05. The van der Waals surface area contributed by atoms with Gasteiger partial charge in [0.05, 0.1) is 30.9 Å². The number of nitrogens with one attached hydrogen (secondary N) is 2. The molecular weight excluding hydrogens is 438 g/mol. The second kappa shape index (κ2) is 7.95. The minimum Gasteiger partial charge on any atom is -0.465 e. The Labute approximate surface area is 196 Å². The van der Waals surface area contributed by atoms with E-state index < -0.39 is 41.4 Å². The molecule has 2 N–H and O–H groups in total. The Morgan fingerprint density at radius 2 is 1.68 bits per heavy atom. The van der Waals surface area contributed by atoms with Crippen LogP contribution in [0.15, 0.2) is 42.5 Å².